The average molecular weight is 462 g/mol. The van der Waals surface area contributed by atoms with Gasteiger partial charge in [0.25, 0.3) is 0 Å². The summed E-state index contributed by atoms with van der Waals surface area (Å²) in [4.78, 5) is 8.94. The van der Waals surface area contributed by atoms with Crippen LogP contribution in [0.1, 0.15) is 17.0 Å². The van der Waals surface area contributed by atoms with Crippen LogP contribution in [0.2, 0.25) is 0 Å². The van der Waals surface area contributed by atoms with E-state index in [-0.39, 0.29) is 0 Å². The van der Waals surface area contributed by atoms with Gasteiger partial charge in [0.05, 0.1) is 26.3 Å². The van der Waals surface area contributed by atoms with Gasteiger partial charge in [-0.2, -0.15) is 18.2 Å². The van der Waals surface area contributed by atoms with Crippen molar-refractivity contribution in [2.75, 3.05) is 40.4 Å². The predicted octanol–water partition coefficient (Wildman–Crippen LogP) is 4.09. The van der Waals surface area contributed by atoms with Gasteiger partial charge in [0.2, 0.25) is 11.7 Å². The van der Waals surface area contributed by atoms with Crippen molar-refractivity contribution in [2.45, 2.75) is 19.3 Å². The molecule has 1 fully saturated rings. The molecule has 33 heavy (non-hydrogen) atoms. The molecule has 7 nitrogen and oxygen atoms in total. The third-order valence-electron chi connectivity index (χ3n) is 5.62. The third kappa shape index (κ3) is 5.63. The Labute approximate surface area is 189 Å². The predicted molar refractivity (Wildman–Crippen MR) is 115 cm³/mol. The fourth-order valence-corrected chi connectivity index (χ4v) is 3.77. The minimum atomic E-state index is -4.31. The molecule has 0 atom stereocenters. The van der Waals surface area contributed by atoms with E-state index in [1.165, 1.54) is 0 Å². The van der Waals surface area contributed by atoms with Crippen LogP contribution < -0.4 is 9.47 Å². The molecule has 0 unspecified atom stereocenters. The Kier molecular flexibility index (Phi) is 6.85. The highest BCUT2D eigenvalue weighted by Crippen LogP contribution is 2.31. The molecule has 2 heterocycles. The Bertz CT molecular complexity index is 1060. The zero-order valence-electron chi connectivity index (χ0n) is 18.4. The van der Waals surface area contributed by atoms with Crippen molar-refractivity contribution in [3.05, 3.63) is 59.5 Å². The summed E-state index contributed by atoms with van der Waals surface area (Å²) in [5, 5.41) is 4.08. The summed E-state index contributed by atoms with van der Waals surface area (Å²) in [7, 11) is 3.15. The van der Waals surface area contributed by atoms with E-state index in [1.54, 1.807) is 38.5 Å². The summed E-state index contributed by atoms with van der Waals surface area (Å²) in [6, 6.07) is 10.8. The summed E-state index contributed by atoms with van der Waals surface area (Å²) in [5.74, 6) is 2.22. The van der Waals surface area contributed by atoms with Crippen molar-refractivity contribution >= 4 is 0 Å². The molecule has 2 aromatic carbocycles. The second kappa shape index (κ2) is 9.80. The molecule has 1 aliphatic heterocycles. The van der Waals surface area contributed by atoms with E-state index in [4.69, 9.17) is 14.0 Å². The maximum atomic E-state index is 12.7. The lowest BCUT2D eigenvalue weighted by Gasteiger charge is -2.33. The average Bonchev–Trinajstić information content (AvgIpc) is 3.28. The zero-order valence-corrected chi connectivity index (χ0v) is 18.4. The second-order valence-corrected chi connectivity index (χ2v) is 7.83. The van der Waals surface area contributed by atoms with Gasteiger partial charge in [0.1, 0.15) is 0 Å². The lowest BCUT2D eigenvalue weighted by atomic mass is 10.1. The first kappa shape index (κ1) is 23.1. The zero-order chi connectivity index (χ0) is 23.4. The SMILES string of the molecule is COc1ccc(-c2noc(CN3CCN(Cc4ccc(C(F)(F)F)cc4)CC3)n2)cc1OC. The Hall–Kier alpha value is -3.11. The molecule has 10 heteroatoms. The number of rotatable bonds is 7. The minimum Gasteiger partial charge on any atom is -0.493 e. The topological polar surface area (TPSA) is 63.9 Å². The standard InChI is InChI=1S/C23H25F3N4O3/c1-31-19-8-5-17(13-20(19)32-2)22-27-21(33-28-22)15-30-11-9-29(10-12-30)14-16-3-6-18(7-4-16)23(24,25)26/h3-8,13H,9-12,14-15H2,1-2H3. The number of ether oxygens (including phenoxy) is 2. The fourth-order valence-electron chi connectivity index (χ4n) is 3.77. The van der Waals surface area contributed by atoms with E-state index in [9.17, 15) is 13.2 Å². The molecule has 1 aliphatic rings. The summed E-state index contributed by atoms with van der Waals surface area (Å²) < 4.78 is 54.2. The van der Waals surface area contributed by atoms with Crippen molar-refractivity contribution in [2.24, 2.45) is 0 Å². The van der Waals surface area contributed by atoms with Gasteiger partial charge < -0.3 is 14.0 Å². The van der Waals surface area contributed by atoms with E-state index in [2.05, 4.69) is 19.9 Å². The number of piperazine rings is 1. The highest BCUT2D eigenvalue weighted by atomic mass is 19.4. The first-order chi connectivity index (χ1) is 15.9. The Balaban J connectivity index is 1.30. The molecule has 0 bridgehead atoms. The van der Waals surface area contributed by atoms with E-state index in [1.807, 2.05) is 6.07 Å². The number of hydrogen-bond acceptors (Lipinski definition) is 7. The Morgan fingerprint density at radius 1 is 0.879 bits per heavy atom. The van der Waals surface area contributed by atoms with Crippen molar-refractivity contribution in [3.63, 3.8) is 0 Å². The van der Waals surface area contributed by atoms with Crippen LogP contribution in [0.25, 0.3) is 11.4 Å². The van der Waals surface area contributed by atoms with Gasteiger partial charge in [-0.1, -0.05) is 17.3 Å². The summed E-state index contributed by atoms with van der Waals surface area (Å²) in [6.45, 7) is 4.36. The van der Waals surface area contributed by atoms with Gasteiger partial charge in [0, 0.05) is 38.3 Å². The van der Waals surface area contributed by atoms with Crippen molar-refractivity contribution in [1.82, 2.24) is 19.9 Å². The lowest BCUT2D eigenvalue weighted by molar-refractivity contribution is -0.137. The lowest BCUT2D eigenvalue weighted by Crippen LogP contribution is -2.45. The molecule has 0 aliphatic carbocycles. The van der Waals surface area contributed by atoms with Crippen LogP contribution in [-0.2, 0) is 19.3 Å². The van der Waals surface area contributed by atoms with Gasteiger partial charge in [0.15, 0.2) is 11.5 Å². The van der Waals surface area contributed by atoms with Gasteiger partial charge in [-0.15, -0.1) is 0 Å². The Morgan fingerprint density at radius 3 is 2.12 bits per heavy atom. The summed E-state index contributed by atoms with van der Waals surface area (Å²) >= 11 is 0. The molecule has 0 N–H and O–H groups in total. The van der Waals surface area contributed by atoms with Crippen molar-refractivity contribution in [1.29, 1.82) is 0 Å². The normalized spacial score (nSPS) is 15.5. The van der Waals surface area contributed by atoms with Gasteiger partial charge in [-0.3, -0.25) is 9.80 Å². The smallest absolute Gasteiger partial charge is 0.416 e. The fraction of sp³-hybridized carbons (Fsp3) is 0.391. The third-order valence-corrected chi connectivity index (χ3v) is 5.62. The van der Waals surface area contributed by atoms with Crippen LogP contribution in [0, 0.1) is 0 Å². The van der Waals surface area contributed by atoms with E-state index < -0.39 is 11.7 Å². The number of benzene rings is 2. The number of nitrogens with zero attached hydrogens (tertiary/aromatic N) is 4. The van der Waals surface area contributed by atoms with Crippen LogP contribution in [0.3, 0.4) is 0 Å². The van der Waals surface area contributed by atoms with Crippen LogP contribution in [0.15, 0.2) is 47.0 Å². The van der Waals surface area contributed by atoms with Crippen molar-refractivity contribution < 1.29 is 27.2 Å². The molecule has 176 valence electrons. The molecule has 3 aromatic rings. The maximum absolute atomic E-state index is 12.7. The van der Waals surface area contributed by atoms with Crippen LogP contribution in [0.4, 0.5) is 13.2 Å². The molecule has 0 amide bonds. The van der Waals surface area contributed by atoms with E-state index in [0.717, 1.165) is 49.4 Å². The second-order valence-electron chi connectivity index (χ2n) is 7.83. The van der Waals surface area contributed by atoms with E-state index in [0.29, 0.717) is 36.3 Å². The van der Waals surface area contributed by atoms with Gasteiger partial charge in [-0.25, -0.2) is 0 Å². The molecule has 0 radical (unpaired) electrons. The minimum absolute atomic E-state index is 0.479. The highest BCUT2D eigenvalue weighted by molar-refractivity contribution is 5.60. The molecule has 4 rings (SSSR count). The summed E-state index contributed by atoms with van der Waals surface area (Å²) in [6.07, 6.45) is -4.31. The molecular formula is C23H25F3N4O3. The molecular weight excluding hydrogens is 437 g/mol. The molecule has 0 spiro atoms. The van der Waals surface area contributed by atoms with Gasteiger partial charge in [-0.05, 0) is 35.9 Å². The van der Waals surface area contributed by atoms with Crippen molar-refractivity contribution in [3.8, 4) is 22.9 Å². The number of aromatic nitrogens is 2. The number of alkyl halides is 3. The largest absolute Gasteiger partial charge is 0.493 e. The van der Waals surface area contributed by atoms with Crippen LogP contribution in [0.5, 0.6) is 11.5 Å². The highest BCUT2D eigenvalue weighted by Gasteiger charge is 2.30. The number of methoxy groups -OCH3 is 2. The quantitative estimate of drug-likeness (QED) is 0.524. The first-order valence-corrected chi connectivity index (χ1v) is 10.5. The Morgan fingerprint density at radius 2 is 1.52 bits per heavy atom. The van der Waals surface area contributed by atoms with Crippen LogP contribution in [-0.4, -0.2) is 60.3 Å². The first-order valence-electron chi connectivity index (χ1n) is 10.5. The molecule has 1 aromatic heterocycles. The van der Waals surface area contributed by atoms with Gasteiger partial charge >= 0.3 is 6.18 Å². The molecule has 0 saturated carbocycles. The van der Waals surface area contributed by atoms with E-state index >= 15 is 0 Å². The maximum Gasteiger partial charge on any atom is 0.416 e. The van der Waals surface area contributed by atoms with Crippen LogP contribution >= 0.6 is 0 Å². The molecule has 1 saturated heterocycles. The number of halogens is 3. The number of hydrogen-bond donors (Lipinski definition) is 0. The summed E-state index contributed by atoms with van der Waals surface area (Å²) in [5.41, 5.74) is 1.01. The monoisotopic (exact) mass is 462 g/mol.